The highest BCUT2D eigenvalue weighted by atomic mass is 16.2. The van der Waals surface area contributed by atoms with E-state index in [1.54, 1.807) is 6.20 Å². The first-order valence-electron chi connectivity index (χ1n) is 6.13. The first kappa shape index (κ1) is 11.2. The maximum Gasteiger partial charge on any atom is 0.239 e. The Morgan fingerprint density at radius 1 is 1.33 bits per heavy atom. The average Bonchev–Trinajstić information content (AvgIpc) is 2.71. The highest BCUT2D eigenvalue weighted by Crippen LogP contribution is 2.20. The monoisotopic (exact) mass is 241 g/mol. The van der Waals surface area contributed by atoms with Crippen LogP contribution < -0.4 is 5.73 Å². The van der Waals surface area contributed by atoms with E-state index < -0.39 is 0 Å². The molecule has 1 unspecified atom stereocenters. The van der Waals surface area contributed by atoms with Crippen LogP contribution in [0.3, 0.4) is 0 Å². The third kappa shape index (κ3) is 1.84. The molecule has 1 saturated heterocycles. The quantitative estimate of drug-likeness (QED) is 0.862. The molecule has 0 bridgehead atoms. The van der Waals surface area contributed by atoms with Gasteiger partial charge in [0.2, 0.25) is 5.91 Å². The highest BCUT2D eigenvalue weighted by molar-refractivity contribution is 5.85. The summed E-state index contributed by atoms with van der Waals surface area (Å²) in [4.78, 5) is 18.0. The van der Waals surface area contributed by atoms with E-state index in [2.05, 4.69) is 4.98 Å². The van der Waals surface area contributed by atoms with Crippen molar-refractivity contribution in [1.82, 2.24) is 9.88 Å². The van der Waals surface area contributed by atoms with E-state index in [0.717, 1.165) is 29.4 Å². The molecule has 4 nitrogen and oxygen atoms in total. The Balaban J connectivity index is 1.93. The van der Waals surface area contributed by atoms with Gasteiger partial charge in [-0.2, -0.15) is 0 Å². The molecular weight excluding hydrogens is 226 g/mol. The number of hydrogen-bond donors (Lipinski definition) is 1. The number of pyridine rings is 1. The Morgan fingerprint density at radius 2 is 2.17 bits per heavy atom. The van der Waals surface area contributed by atoms with Crippen LogP contribution in [-0.4, -0.2) is 28.4 Å². The molecule has 0 saturated carbocycles. The van der Waals surface area contributed by atoms with Crippen LogP contribution in [0.1, 0.15) is 12.0 Å². The summed E-state index contributed by atoms with van der Waals surface area (Å²) in [6.07, 6.45) is 2.53. The fraction of sp³-hybridized carbons (Fsp3) is 0.286. The number of benzene rings is 1. The molecule has 18 heavy (non-hydrogen) atoms. The van der Waals surface area contributed by atoms with Gasteiger partial charge in [0.15, 0.2) is 0 Å². The Morgan fingerprint density at radius 3 is 2.94 bits per heavy atom. The number of aromatic nitrogens is 1. The number of nitrogens with two attached hydrogens (primary N) is 1. The predicted octanol–water partition coefficient (Wildman–Crippen LogP) is 1.29. The number of carbonyl (C=O) groups is 1. The summed E-state index contributed by atoms with van der Waals surface area (Å²) in [7, 11) is 0. The SMILES string of the molecule is NC1CCN(Cc2cccc3cccnc23)C1=O. The number of hydrogen-bond acceptors (Lipinski definition) is 3. The third-order valence-corrected chi connectivity index (χ3v) is 3.42. The van der Waals surface area contributed by atoms with Gasteiger partial charge >= 0.3 is 0 Å². The lowest BCUT2D eigenvalue weighted by molar-refractivity contribution is -0.129. The number of likely N-dealkylation sites (tertiary alicyclic amines) is 1. The Bertz CT molecular complexity index is 591. The van der Waals surface area contributed by atoms with Crippen LogP contribution in [0.5, 0.6) is 0 Å². The lowest BCUT2D eigenvalue weighted by Crippen LogP contribution is -2.33. The standard InChI is InChI=1S/C14H15N3O/c15-12-6-8-17(14(12)18)9-11-4-1-3-10-5-2-7-16-13(10)11/h1-5,7,12H,6,8-9,15H2. The number of carbonyl (C=O) groups excluding carboxylic acids is 1. The van der Waals surface area contributed by atoms with Gasteiger partial charge < -0.3 is 10.6 Å². The maximum atomic E-state index is 11.8. The van der Waals surface area contributed by atoms with Gasteiger partial charge in [-0.1, -0.05) is 24.3 Å². The first-order valence-corrected chi connectivity index (χ1v) is 6.13. The van der Waals surface area contributed by atoms with Gasteiger partial charge in [-0.05, 0) is 18.1 Å². The van der Waals surface area contributed by atoms with Crippen LogP contribution in [0.25, 0.3) is 10.9 Å². The van der Waals surface area contributed by atoms with Crippen molar-refractivity contribution in [1.29, 1.82) is 0 Å². The molecule has 1 fully saturated rings. The van der Waals surface area contributed by atoms with Crippen molar-refractivity contribution >= 4 is 16.8 Å². The number of rotatable bonds is 2. The summed E-state index contributed by atoms with van der Waals surface area (Å²) in [5.74, 6) is 0.0444. The van der Waals surface area contributed by atoms with Crippen LogP contribution in [0.2, 0.25) is 0 Å². The minimum atomic E-state index is -0.326. The zero-order valence-corrected chi connectivity index (χ0v) is 10.0. The van der Waals surface area contributed by atoms with E-state index in [1.807, 2.05) is 35.2 Å². The molecular formula is C14H15N3O. The molecule has 2 N–H and O–H groups in total. The maximum absolute atomic E-state index is 11.8. The van der Waals surface area contributed by atoms with Crippen LogP contribution in [0, 0.1) is 0 Å². The second kappa shape index (κ2) is 4.38. The van der Waals surface area contributed by atoms with E-state index in [-0.39, 0.29) is 11.9 Å². The summed E-state index contributed by atoms with van der Waals surface area (Å²) < 4.78 is 0. The lowest BCUT2D eigenvalue weighted by Gasteiger charge is -2.16. The van der Waals surface area contributed by atoms with E-state index >= 15 is 0 Å². The Labute approximate surface area is 105 Å². The second-order valence-corrected chi connectivity index (χ2v) is 4.65. The van der Waals surface area contributed by atoms with E-state index in [9.17, 15) is 4.79 Å². The molecule has 0 aliphatic carbocycles. The number of nitrogens with zero attached hydrogens (tertiary/aromatic N) is 2. The van der Waals surface area contributed by atoms with Crippen molar-refractivity contribution in [2.75, 3.05) is 6.54 Å². The number of para-hydroxylation sites is 1. The minimum absolute atomic E-state index is 0.0444. The van der Waals surface area contributed by atoms with Crippen LogP contribution in [0.15, 0.2) is 36.5 Å². The van der Waals surface area contributed by atoms with Gasteiger partial charge in [0.05, 0.1) is 11.6 Å². The molecule has 1 aliphatic heterocycles. The molecule has 0 spiro atoms. The summed E-state index contributed by atoms with van der Waals surface area (Å²) >= 11 is 0. The molecule has 0 radical (unpaired) electrons. The summed E-state index contributed by atoms with van der Waals surface area (Å²) in [5, 5.41) is 1.10. The van der Waals surface area contributed by atoms with Gasteiger partial charge in [0.1, 0.15) is 0 Å². The lowest BCUT2D eigenvalue weighted by atomic mass is 10.1. The number of fused-ring (bicyclic) bond motifs is 1. The van der Waals surface area contributed by atoms with Gasteiger partial charge in [-0.3, -0.25) is 9.78 Å². The fourth-order valence-corrected chi connectivity index (χ4v) is 2.42. The molecule has 2 aromatic rings. The molecule has 1 aliphatic rings. The Hall–Kier alpha value is -1.94. The third-order valence-electron chi connectivity index (χ3n) is 3.42. The summed E-state index contributed by atoms with van der Waals surface area (Å²) in [6, 6.07) is 9.68. The molecule has 1 amide bonds. The van der Waals surface area contributed by atoms with E-state index in [1.165, 1.54) is 0 Å². The van der Waals surface area contributed by atoms with Gasteiger partial charge in [-0.15, -0.1) is 0 Å². The van der Waals surface area contributed by atoms with E-state index in [0.29, 0.717) is 6.54 Å². The Kier molecular flexibility index (Phi) is 2.72. The predicted molar refractivity (Wildman–Crippen MR) is 69.8 cm³/mol. The summed E-state index contributed by atoms with van der Waals surface area (Å²) in [5.41, 5.74) is 7.77. The molecule has 1 aromatic heterocycles. The van der Waals surface area contributed by atoms with Gasteiger partial charge in [0.25, 0.3) is 0 Å². The fourth-order valence-electron chi connectivity index (χ4n) is 2.42. The van der Waals surface area contributed by atoms with Crippen molar-refractivity contribution in [3.63, 3.8) is 0 Å². The minimum Gasteiger partial charge on any atom is -0.337 e. The molecule has 4 heteroatoms. The van der Waals surface area contributed by atoms with Crippen LogP contribution in [-0.2, 0) is 11.3 Å². The van der Waals surface area contributed by atoms with Crippen molar-refractivity contribution in [2.24, 2.45) is 5.73 Å². The molecule has 3 rings (SSSR count). The number of amides is 1. The van der Waals surface area contributed by atoms with Gasteiger partial charge in [0, 0.05) is 24.7 Å². The molecule has 1 aromatic carbocycles. The normalized spacial score (nSPS) is 19.7. The van der Waals surface area contributed by atoms with Crippen molar-refractivity contribution in [3.8, 4) is 0 Å². The van der Waals surface area contributed by atoms with Gasteiger partial charge in [-0.25, -0.2) is 0 Å². The van der Waals surface area contributed by atoms with Crippen molar-refractivity contribution < 1.29 is 4.79 Å². The van der Waals surface area contributed by atoms with Crippen molar-refractivity contribution in [2.45, 2.75) is 19.0 Å². The van der Waals surface area contributed by atoms with Crippen LogP contribution in [0.4, 0.5) is 0 Å². The van der Waals surface area contributed by atoms with Crippen LogP contribution >= 0.6 is 0 Å². The zero-order valence-electron chi connectivity index (χ0n) is 10.0. The van der Waals surface area contributed by atoms with Crippen molar-refractivity contribution in [3.05, 3.63) is 42.1 Å². The van der Waals surface area contributed by atoms with E-state index in [4.69, 9.17) is 5.73 Å². The smallest absolute Gasteiger partial charge is 0.239 e. The zero-order chi connectivity index (χ0) is 12.5. The summed E-state index contributed by atoms with van der Waals surface area (Å²) in [6.45, 7) is 1.34. The molecule has 1 atom stereocenters. The largest absolute Gasteiger partial charge is 0.337 e. The average molecular weight is 241 g/mol. The molecule has 2 heterocycles. The topological polar surface area (TPSA) is 59.2 Å². The molecule has 92 valence electrons. The first-order chi connectivity index (χ1) is 8.75. The second-order valence-electron chi connectivity index (χ2n) is 4.65. The highest BCUT2D eigenvalue weighted by Gasteiger charge is 2.28.